The van der Waals surface area contributed by atoms with Crippen molar-refractivity contribution in [2.45, 2.75) is 10.9 Å². The molecule has 4 aromatic rings. The van der Waals surface area contributed by atoms with Gasteiger partial charge in [0.25, 0.3) is 0 Å². The van der Waals surface area contributed by atoms with Gasteiger partial charge < -0.3 is 4.74 Å². The summed E-state index contributed by atoms with van der Waals surface area (Å²) in [7, 11) is 0. The monoisotopic (exact) mass is 386 g/mol. The maximum Gasteiger partial charge on any atom is 0.241 e. The Morgan fingerprint density at radius 1 is 1.00 bits per heavy atom. The van der Waals surface area contributed by atoms with Crippen molar-refractivity contribution in [1.82, 2.24) is 9.97 Å². The first kappa shape index (κ1) is 16.9. The number of thiophene rings is 1. The van der Waals surface area contributed by atoms with Gasteiger partial charge in [-0.2, -0.15) is 4.98 Å². The molecule has 0 amide bonds. The Morgan fingerprint density at radius 3 is 2.65 bits per heavy atom. The summed E-state index contributed by atoms with van der Waals surface area (Å²) in [5, 5.41) is 2.41. The minimum Gasteiger partial charge on any atom is -0.434 e. The first-order valence-corrected chi connectivity index (χ1v) is 9.60. The average Bonchev–Trinajstić information content (AvgIpc) is 3.12. The average molecular weight is 386 g/mol. The normalized spacial score (nSPS) is 11.0. The molecule has 7 heteroatoms. The fourth-order valence-electron chi connectivity index (χ4n) is 2.33. The standard InChI is InChI=1S/C19H12F2N2OS2/c20-13-6-7-16(14(21)10-13)24-18-17-15(8-9-25-17)22-19(23-18)26-11-12-4-2-1-3-5-12/h1-10H,11H2. The van der Waals surface area contributed by atoms with E-state index in [2.05, 4.69) is 9.97 Å². The predicted octanol–water partition coefficient (Wildman–Crippen LogP) is 6.05. The second-order valence-electron chi connectivity index (χ2n) is 5.40. The third kappa shape index (κ3) is 3.68. The fourth-order valence-corrected chi connectivity index (χ4v) is 3.89. The smallest absolute Gasteiger partial charge is 0.241 e. The third-order valence-corrected chi connectivity index (χ3v) is 5.37. The Hall–Kier alpha value is -2.51. The molecule has 0 unspecified atom stereocenters. The third-order valence-electron chi connectivity index (χ3n) is 3.56. The van der Waals surface area contributed by atoms with Crippen molar-refractivity contribution in [2.24, 2.45) is 0 Å². The van der Waals surface area contributed by atoms with E-state index in [1.165, 1.54) is 29.2 Å². The van der Waals surface area contributed by atoms with Crippen LogP contribution in [0.25, 0.3) is 10.2 Å². The van der Waals surface area contributed by atoms with Crippen molar-refractivity contribution in [3.63, 3.8) is 0 Å². The molecule has 0 saturated heterocycles. The predicted molar refractivity (Wildman–Crippen MR) is 99.9 cm³/mol. The first-order chi connectivity index (χ1) is 12.7. The molecule has 3 nitrogen and oxygen atoms in total. The van der Waals surface area contributed by atoms with E-state index in [0.29, 0.717) is 10.9 Å². The van der Waals surface area contributed by atoms with Gasteiger partial charge in [-0.3, -0.25) is 0 Å². The molecule has 0 fully saturated rings. The molecule has 0 saturated carbocycles. The van der Waals surface area contributed by atoms with Crippen molar-refractivity contribution < 1.29 is 13.5 Å². The molecule has 0 N–H and O–H groups in total. The van der Waals surface area contributed by atoms with E-state index in [9.17, 15) is 8.78 Å². The van der Waals surface area contributed by atoms with Crippen LogP contribution in [0.5, 0.6) is 11.6 Å². The van der Waals surface area contributed by atoms with Crippen LogP contribution in [0.1, 0.15) is 5.56 Å². The lowest BCUT2D eigenvalue weighted by Crippen LogP contribution is -1.95. The largest absolute Gasteiger partial charge is 0.434 e. The van der Waals surface area contributed by atoms with Crippen molar-refractivity contribution >= 4 is 33.3 Å². The van der Waals surface area contributed by atoms with E-state index in [0.717, 1.165) is 27.9 Å². The van der Waals surface area contributed by atoms with E-state index < -0.39 is 11.6 Å². The lowest BCUT2D eigenvalue weighted by atomic mass is 10.2. The molecule has 26 heavy (non-hydrogen) atoms. The lowest BCUT2D eigenvalue weighted by Gasteiger charge is -2.08. The molecule has 0 aliphatic rings. The van der Waals surface area contributed by atoms with Crippen LogP contribution in [-0.4, -0.2) is 9.97 Å². The Labute approximate surface area is 156 Å². The molecule has 0 aliphatic carbocycles. The van der Waals surface area contributed by atoms with Gasteiger partial charge in [0.1, 0.15) is 10.5 Å². The molecule has 0 spiro atoms. The summed E-state index contributed by atoms with van der Waals surface area (Å²) in [6, 6.07) is 15.0. The van der Waals surface area contributed by atoms with Crippen LogP contribution in [-0.2, 0) is 5.75 Å². The molecule has 0 bridgehead atoms. The van der Waals surface area contributed by atoms with E-state index in [1.54, 1.807) is 0 Å². The summed E-state index contributed by atoms with van der Waals surface area (Å²) in [5.41, 5.74) is 1.89. The number of ether oxygens (including phenoxy) is 1. The van der Waals surface area contributed by atoms with Gasteiger partial charge in [0, 0.05) is 11.8 Å². The highest BCUT2D eigenvalue weighted by atomic mass is 32.2. The summed E-state index contributed by atoms with van der Waals surface area (Å²) in [4.78, 5) is 8.94. The quantitative estimate of drug-likeness (QED) is 0.309. The molecular weight excluding hydrogens is 374 g/mol. The molecule has 2 heterocycles. The molecule has 2 aromatic heterocycles. The van der Waals surface area contributed by atoms with Crippen LogP contribution in [0, 0.1) is 11.6 Å². The minimum atomic E-state index is -0.771. The molecule has 4 rings (SSSR count). The number of hydrogen-bond acceptors (Lipinski definition) is 5. The van der Waals surface area contributed by atoms with Gasteiger partial charge in [-0.25, -0.2) is 13.8 Å². The number of halogens is 2. The first-order valence-electron chi connectivity index (χ1n) is 7.74. The van der Waals surface area contributed by atoms with Crippen LogP contribution in [0.2, 0.25) is 0 Å². The Kier molecular flexibility index (Phi) is 4.81. The lowest BCUT2D eigenvalue weighted by molar-refractivity contribution is 0.424. The van der Waals surface area contributed by atoms with Crippen molar-refractivity contribution in [1.29, 1.82) is 0 Å². The second kappa shape index (κ2) is 7.39. The summed E-state index contributed by atoms with van der Waals surface area (Å²) in [6.45, 7) is 0. The van der Waals surface area contributed by atoms with E-state index in [1.807, 2.05) is 41.8 Å². The number of aromatic nitrogens is 2. The zero-order chi connectivity index (χ0) is 17.9. The second-order valence-corrected chi connectivity index (χ2v) is 7.26. The number of thioether (sulfide) groups is 1. The highest BCUT2D eigenvalue weighted by molar-refractivity contribution is 7.98. The van der Waals surface area contributed by atoms with Crippen molar-refractivity contribution in [3.05, 3.63) is 77.2 Å². The number of hydrogen-bond donors (Lipinski definition) is 0. The number of rotatable bonds is 5. The van der Waals surface area contributed by atoms with Gasteiger partial charge >= 0.3 is 0 Å². The maximum atomic E-state index is 13.9. The van der Waals surface area contributed by atoms with Crippen LogP contribution in [0.15, 0.2) is 65.1 Å². The van der Waals surface area contributed by atoms with E-state index >= 15 is 0 Å². The molecule has 2 aromatic carbocycles. The Bertz CT molecular complexity index is 1050. The van der Waals surface area contributed by atoms with Crippen molar-refractivity contribution in [2.75, 3.05) is 0 Å². The Morgan fingerprint density at radius 2 is 1.85 bits per heavy atom. The highest BCUT2D eigenvalue weighted by Gasteiger charge is 2.14. The zero-order valence-corrected chi connectivity index (χ0v) is 15.0. The minimum absolute atomic E-state index is 0.0705. The zero-order valence-electron chi connectivity index (χ0n) is 13.4. The van der Waals surface area contributed by atoms with Gasteiger partial charge in [-0.15, -0.1) is 11.3 Å². The highest BCUT2D eigenvalue weighted by Crippen LogP contribution is 2.34. The van der Waals surface area contributed by atoms with Gasteiger partial charge in [0.15, 0.2) is 16.7 Å². The van der Waals surface area contributed by atoms with Gasteiger partial charge in [-0.1, -0.05) is 42.1 Å². The molecule has 0 aliphatic heterocycles. The maximum absolute atomic E-state index is 13.9. The van der Waals surface area contributed by atoms with E-state index in [4.69, 9.17) is 4.74 Å². The molecular formula is C19H12F2N2OS2. The van der Waals surface area contributed by atoms with Crippen molar-refractivity contribution in [3.8, 4) is 11.6 Å². The summed E-state index contributed by atoms with van der Waals surface area (Å²) in [5.74, 6) is -0.518. The van der Waals surface area contributed by atoms with E-state index in [-0.39, 0.29) is 11.6 Å². The SMILES string of the molecule is Fc1ccc(Oc2nc(SCc3ccccc3)nc3ccsc23)c(F)c1. The Balaban J connectivity index is 1.64. The van der Waals surface area contributed by atoms with Crippen LogP contribution < -0.4 is 4.74 Å². The number of fused-ring (bicyclic) bond motifs is 1. The number of nitrogens with zero attached hydrogens (tertiary/aromatic N) is 2. The molecule has 0 radical (unpaired) electrons. The molecule has 130 valence electrons. The van der Waals surface area contributed by atoms with Crippen LogP contribution >= 0.6 is 23.1 Å². The summed E-state index contributed by atoms with van der Waals surface area (Å²) < 4.78 is 33.4. The topological polar surface area (TPSA) is 35.0 Å². The van der Waals surface area contributed by atoms with Gasteiger partial charge in [0.2, 0.25) is 5.88 Å². The van der Waals surface area contributed by atoms with Gasteiger partial charge in [0.05, 0.1) is 5.52 Å². The molecule has 0 atom stereocenters. The summed E-state index contributed by atoms with van der Waals surface area (Å²) >= 11 is 2.88. The summed E-state index contributed by atoms with van der Waals surface area (Å²) in [6.07, 6.45) is 0. The number of benzene rings is 2. The van der Waals surface area contributed by atoms with Crippen LogP contribution in [0.3, 0.4) is 0 Å². The van der Waals surface area contributed by atoms with Crippen LogP contribution in [0.4, 0.5) is 8.78 Å². The fraction of sp³-hybridized carbons (Fsp3) is 0.0526. The van der Waals surface area contributed by atoms with Gasteiger partial charge in [-0.05, 0) is 29.1 Å².